The number of nitrogens with one attached hydrogen (secondary N) is 2. The lowest BCUT2D eigenvalue weighted by Crippen LogP contribution is -2.70. The minimum absolute atomic E-state index is 0.0276. The van der Waals surface area contributed by atoms with E-state index in [2.05, 4.69) is 14.8 Å². The highest BCUT2D eigenvalue weighted by atomic mass is 32.3. The molecule has 58 heavy (non-hydrogen) atoms. The molecule has 0 spiro atoms. The average Bonchev–Trinajstić information content (AvgIpc) is 3.11. The van der Waals surface area contributed by atoms with Crippen molar-refractivity contribution in [1.29, 1.82) is 0 Å². The number of rotatable bonds is 18. The van der Waals surface area contributed by atoms with Crippen molar-refractivity contribution in [3.05, 3.63) is 0 Å². The number of ether oxygens (including phenoxy) is 7. The van der Waals surface area contributed by atoms with Gasteiger partial charge in [-0.05, 0) is 27.2 Å². The standard InChI is InChI=1S/C31H55N3O23S/c1-12(37)34-18-21(42)23(16(11-51-58(47,48)49)53-26(18)50-7-5-6-33-29(46)57-30(2,3)4)54-27-22(43)25(20(41)15(10-36)52-27)56-31(28(44)45)8-13(38)17(32)24(55-31)19(40)14(39)9-35/h13-27,35-36,38-43H,5-11,32H2,1-4H3,(H,33,46)(H,34,37)(H,44,45)(H,47,48,49)/t13-,14-,15?,16?,17-,18?,19-,20+,21?,22?,23-,24?,25?,26-,27+,31+/m1/s1. The van der Waals surface area contributed by atoms with Crippen LogP contribution in [0.2, 0.25) is 0 Å². The highest BCUT2D eigenvalue weighted by Gasteiger charge is 2.59. The van der Waals surface area contributed by atoms with E-state index in [-0.39, 0.29) is 19.6 Å². The Morgan fingerprint density at radius 1 is 0.983 bits per heavy atom. The highest BCUT2D eigenvalue weighted by Crippen LogP contribution is 2.38. The number of carbonyl (C=O) groups is 3. The van der Waals surface area contributed by atoms with Crippen LogP contribution in [0.25, 0.3) is 0 Å². The number of aliphatic carboxylic acids is 1. The van der Waals surface area contributed by atoms with Gasteiger partial charge in [0, 0.05) is 19.9 Å². The Balaban J connectivity index is 1.91. The minimum atomic E-state index is -5.18. The van der Waals surface area contributed by atoms with Crippen LogP contribution in [0, 0.1) is 0 Å². The van der Waals surface area contributed by atoms with Crippen LogP contribution in [-0.2, 0) is 57.3 Å². The molecule has 14 N–H and O–H groups in total. The SMILES string of the molecule is CC(=O)NC1C(O)[C@H](O[C@@H]2OC(CO)[C@H](O)C(O[C@]3(C(=O)O)C[C@@H](O)[C@@H](N)C([C@H](O)[C@H](O)CO)O3)C2O)C(COS(=O)(=O)O)O[C@H]1OCCCNC(=O)OC(C)(C)C. The van der Waals surface area contributed by atoms with Crippen LogP contribution in [0.4, 0.5) is 4.79 Å². The number of nitrogens with two attached hydrogens (primary N) is 1. The highest BCUT2D eigenvalue weighted by molar-refractivity contribution is 7.80. The number of carboxylic acid groups (broad SMARTS) is 1. The normalized spacial score (nSPS) is 37.0. The third-order valence-electron chi connectivity index (χ3n) is 9.01. The molecule has 0 aliphatic carbocycles. The summed E-state index contributed by atoms with van der Waals surface area (Å²) >= 11 is 0. The Bertz CT molecular complexity index is 1470. The van der Waals surface area contributed by atoms with Crippen LogP contribution in [0.15, 0.2) is 0 Å². The third-order valence-corrected chi connectivity index (χ3v) is 9.44. The Kier molecular flexibility index (Phi) is 17.9. The van der Waals surface area contributed by atoms with Crippen LogP contribution in [-0.4, -0.2) is 213 Å². The zero-order valence-electron chi connectivity index (χ0n) is 31.9. The first-order chi connectivity index (χ1) is 26.8. The third kappa shape index (κ3) is 13.2. The smallest absolute Gasteiger partial charge is 0.407 e. The maximum Gasteiger partial charge on any atom is 0.407 e. The van der Waals surface area contributed by atoms with E-state index in [1.165, 1.54) is 0 Å². The van der Waals surface area contributed by atoms with Gasteiger partial charge in [0.05, 0.1) is 38.6 Å². The summed E-state index contributed by atoms with van der Waals surface area (Å²) in [7, 11) is -5.18. The molecule has 338 valence electrons. The maximum atomic E-state index is 12.7. The molecule has 0 radical (unpaired) electrons. The van der Waals surface area contributed by atoms with E-state index in [1.54, 1.807) is 20.8 Å². The molecule has 0 aromatic heterocycles. The van der Waals surface area contributed by atoms with E-state index >= 15 is 0 Å². The monoisotopic (exact) mass is 869 g/mol. The summed E-state index contributed by atoms with van der Waals surface area (Å²) in [5.74, 6) is -5.80. The van der Waals surface area contributed by atoms with Crippen molar-refractivity contribution < 1.29 is 111 Å². The van der Waals surface area contributed by atoms with Gasteiger partial charge >= 0.3 is 22.5 Å². The van der Waals surface area contributed by atoms with E-state index < -0.39 is 158 Å². The van der Waals surface area contributed by atoms with E-state index in [1.807, 2.05) is 0 Å². The molecule has 3 aliphatic rings. The Hall–Kier alpha value is -2.52. The fourth-order valence-corrected chi connectivity index (χ4v) is 6.53. The Morgan fingerprint density at radius 3 is 2.17 bits per heavy atom. The summed E-state index contributed by atoms with van der Waals surface area (Å²) in [5, 5.41) is 99.8. The molecular formula is C31H55N3O23S. The fourth-order valence-electron chi connectivity index (χ4n) is 6.23. The predicted molar refractivity (Wildman–Crippen MR) is 185 cm³/mol. The topological polar surface area (TPSA) is 412 Å². The molecule has 2 amide bonds. The molecule has 3 fully saturated rings. The van der Waals surface area contributed by atoms with Crippen LogP contribution in [0.5, 0.6) is 0 Å². The van der Waals surface area contributed by atoms with Crippen LogP contribution < -0.4 is 16.4 Å². The zero-order valence-corrected chi connectivity index (χ0v) is 32.7. The van der Waals surface area contributed by atoms with Crippen molar-refractivity contribution in [2.45, 2.75) is 144 Å². The number of amides is 2. The van der Waals surface area contributed by atoms with Gasteiger partial charge in [0.25, 0.3) is 5.79 Å². The van der Waals surface area contributed by atoms with E-state index in [0.29, 0.717) is 0 Å². The number of carboxylic acids is 1. The lowest BCUT2D eigenvalue weighted by Gasteiger charge is -2.50. The quantitative estimate of drug-likeness (QED) is 0.0450. The molecule has 0 bridgehead atoms. The minimum Gasteiger partial charge on any atom is -0.477 e. The average molecular weight is 870 g/mol. The summed E-state index contributed by atoms with van der Waals surface area (Å²) in [5.41, 5.74) is 5.12. The Labute approximate surface area is 331 Å². The van der Waals surface area contributed by atoms with Crippen LogP contribution in [0.1, 0.15) is 40.5 Å². The number of carbonyl (C=O) groups excluding carboxylic acids is 2. The van der Waals surface area contributed by atoms with Gasteiger partial charge in [0.2, 0.25) is 5.91 Å². The molecule has 16 atom stereocenters. The molecule has 3 heterocycles. The molecule has 0 aromatic carbocycles. The van der Waals surface area contributed by atoms with Crippen molar-refractivity contribution in [3.8, 4) is 0 Å². The number of hydrogen-bond acceptors (Lipinski definition) is 22. The summed E-state index contributed by atoms with van der Waals surface area (Å²) in [4.78, 5) is 36.9. The maximum absolute atomic E-state index is 12.7. The van der Waals surface area contributed by atoms with Gasteiger partial charge in [0.1, 0.15) is 72.7 Å². The summed E-state index contributed by atoms with van der Waals surface area (Å²) in [6.07, 6.45) is -27.3. The molecule has 27 heteroatoms. The van der Waals surface area contributed by atoms with E-state index in [0.717, 1.165) is 6.92 Å². The number of aliphatic hydroxyl groups is 8. The van der Waals surface area contributed by atoms with Gasteiger partial charge < -0.3 is 95.5 Å². The van der Waals surface area contributed by atoms with Crippen molar-refractivity contribution in [2.75, 3.05) is 33.0 Å². The fraction of sp³-hybridized carbons (Fsp3) is 0.903. The largest absolute Gasteiger partial charge is 0.477 e. The molecule has 0 saturated carbocycles. The van der Waals surface area contributed by atoms with E-state index in [9.17, 15) is 73.3 Å². The molecule has 26 nitrogen and oxygen atoms in total. The zero-order chi connectivity index (χ0) is 43.9. The van der Waals surface area contributed by atoms with Crippen molar-refractivity contribution in [3.63, 3.8) is 0 Å². The lowest BCUT2D eigenvalue weighted by atomic mass is 9.88. The number of aliphatic hydroxyl groups excluding tert-OH is 8. The number of hydrogen-bond donors (Lipinski definition) is 13. The van der Waals surface area contributed by atoms with Crippen LogP contribution >= 0.6 is 0 Å². The first-order valence-electron chi connectivity index (χ1n) is 17.9. The second-order valence-electron chi connectivity index (χ2n) is 14.7. The first kappa shape index (κ1) is 49.8. The second kappa shape index (κ2) is 20.8. The van der Waals surface area contributed by atoms with Gasteiger partial charge in [-0.15, -0.1) is 0 Å². The van der Waals surface area contributed by atoms with Crippen molar-refractivity contribution >= 4 is 28.4 Å². The second-order valence-corrected chi connectivity index (χ2v) is 15.8. The van der Waals surface area contributed by atoms with Gasteiger partial charge in [-0.2, -0.15) is 8.42 Å². The molecule has 0 aromatic rings. The van der Waals surface area contributed by atoms with Gasteiger partial charge in [0.15, 0.2) is 12.6 Å². The van der Waals surface area contributed by atoms with Crippen LogP contribution in [0.3, 0.4) is 0 Å². The van der Waals surface area contributed by atoms with Gasteiger partial charge in [-0.1, -0.05) is 0 Å². The van der Waals surface area contributed by atoms with Crippen molar-refractivity contribution in [2.24, 2.45) is 5.73 Å². The van der Waals surface area contributed by atoms with Gasteiger partial charge in [-0.25, -0.2) is 13.8 Å². The predicted octanol–water partition coefficient (Wildman–Crippen LogP) is -6.49. The molecule has 7 unspecified atom stereocenters. The molecular weight excluding hydrogens is 814 g/mol. The first-order valence-corrected chi connectivity index (χ1v) is 19.3. The van der Waals surface area contributed by atoms with E-state index in [4.69, 9.17) is 38.9 Å². The Morgan fingerprint density at radius 2 is 1.62 bits per heavy atom. The summed E-state index contributed by atoms with van der Waals surface area (Å²) in [6.45, 7) is 2.64. The number of alkyl carbamates (subject to hydrolysis) is 1. The summed E-state index contributed by atoms with van der Waals surface area (Å²) in [6, 6.07) is -3.10. The molecule has 3 saturated heterocycles. The summed E-state index contributed by atoms with van der Waals surface area (Å²) < 4.78 is 75.9. The molecule has 3 aliphatic heterocycles. The van der Waals surface area contributed by atoms with Gasteiger partial charge in [-0.3, -0.25) is 9.35 Å². The lowest BCUT2D eigenvalue weighted by molar-refractivity contribution is -0.382. The molecule has 3 rings (SSSR count). The van der Waals surface area contributed by atoms with Crippen molar-refractivity contribution in [1.82, 2.24) is 10.6 Å².